The molecule has 2 unspecified atom stereocenters. The molecule has 23 heavy (non-hydrogen) atoms. The first-order chi connectivity index (χ1) is 11.1. The molecule has 0 aliphatic carbocycles. The van der Waals surface area contributed by atoms with Crippen molar-refractivity contribution in [3.63, 3.8) is 0 Å². The molecule has 0 radical (unpaired) electrons. The van der Waals surface area contributed by atoms with Gasteiger partial charge < -0.3 is 15.4 Å². The van der Waals surface area contributed by atoms with Gasteiger partial charge in [0.25, 0.3) is 0 Å². The predicted molar refractivity (Wildman–Crippen MR) is 92.0 cm³/mol. The Bertz CT molecular complexity index is 472. The van der Waals surface area contributed by atoms with Crippen molar-refractivity contribution in [1.82, 2.24) is 9.80 Å². The highest BCUT2D eigenvalue weighted by Gasteiger charge is 2.28. The van der Waals surface area contributed by atoms with Crippen LogP contribution in [0.3, 0.4) is 0 Å². The molecule has 5 heteroatoms. The molecule has 0 bridgehead atoms. The number of amides is 1. The first kappa shape index (κ1) is 17.9. The van der Waals surface area contributed by atoms with Gasteiger partial charge in [0.2, 0.25) is 5.91 Å². The molecule has 1 heterocycles. The number of hydrogen-bond donors (Lipinski definition) is 1. The smallest absolute Gasteiger partial charge is 0.227 e. The van der Waals surface area contributed by atoms with E-state index in [0.29, 0.717) is 0 Å². The topological polar surface area (TPSA) is 58.8 Å². The Morgan fingerprint density at radius 1 is 1.22 bits per heavy atom. The van der Waals surface area contributed by atoms with Crippen molar-refractivity contribution in [2.24, 2.45) is 11.7 Å². The molecule has 2 rings (SSSR count). The van der Waals surface area contributed by atoms with Crippen molar-refractivity contribution < 1.29 is 9.53 Å². The second-order valence-electron chi connectivity index (χ2n) is 6.09. The van der Waals surface area contributed by atoms with Gasteiger partial charge in [-0.15, -0.1) is 0 Å². The zero-order valence-corrected chi connectivity index (χ0v) is 14.3. The Morgan fingerprint density at radius 3 is 2.48 bits per heavy atom. The number of benzene rings is 1. The van der Waals surface area contributed by atoms with Crippen LogP contribution >= 0.6 is 0 Å². The van der Waals surface area contributed by atoms with Crippen molar-refractivity contribution >= 4 is 5.91 Å². The number of carbonyl (C=O) groups is 1. The summed E-state index contributed by atoms with van der Waals surface area (Å²) in [4.78, 5) is 17.0. The lowest BCUT2D eigenvalue weighted by molar-refractivity contribution is -0.137. The molecule has 0 spiro atoms. The maximum absolute atomic E-state index is 12.7. The number of nitrogens with zero attached hydrogens (tertiary/aromatic N) is 2. The molecular formula is C18H29N3O2. The molecular weight excluding hydrogens is 290 g/mol. The lowest BCUT2D eigenvalue weighted by Gasteiger charge is -2.36. The summed E-state index contributed by atoms with van der Waals surface area (Å²) in [6.45, 7) is 9.77. The highest BCUT2D eigenvalue weighted by Crippen LogP contribution is 2.21. The van der Waals surface area contributed by atoms with Crippen molar-refractivity contribution in [3.8, 4) is 0 Å². The van der Waals surface area contributed by atoms with E-state index in [1.54, 1.807) is 0 Å². The van der Waals surface area contributed by atoms with E-state index in [9.17, 15) is 4.79 Å². The predicted octanol–water partition coefficient (Wildman–Crippen LogP) is 1.50. The molecule has 2 N–H and O–H groups in total. The van der Waals surface area contributed by atoms with Crippen LogP contribution in [0.4, 0.5) is 0 Å². The largest absolute Gasteiger partial charge is 0.380 e. The van der Waals surface area contributed by atoms with Gasteiger partial charge in [0.15, 0.2) is 0 Å². The number of carbonyl (C=O) groups excluding carboxylic acids is 1. The lowest BCUT2D eigenvalue weighted by Crippen LogP contribution is -2.51. The number of nitrogens with two attached hydrogens (primary N) is 1. The molecule has 1 aromatic carbocycles. The molecule has 5 nitrogen and oxygen atoms in total. The molecule has 2 atom stereocenters. The fraction of sp³-hybridized carbons (Fsp3) is 0.611. The van der Waals surface area contributed by atoms with E-state index in [2.05, 4.69) is 4.90 Å². The van der Waals surface area contributed by atoms with E-state index in [0.717, 1.165) is 51.5 Å². The second kappa shape index (κ2) is 9.01. The summed E-state index contributed by atoms with van der Waals surface area (Å²) in [5.41, 5.74) is 7.30. The van der Waals surface area contributed by atoms with Crippen LogP contribution < -0.4 is 5.73 Å². The molecule has 1 fully saturated rings. The zero-order chi connectivity index (χ0) is 16.7. The van der Waals surface area contributed by atoms with E-state index < -0.39 is 0 Å². The Morgan fingerprint density at radius 2 is 1.87 bits per heavy atom. The van der Waals surface area contributed by atoms with Crippen LogP contribution in [0.5, 0.6) is 0 Å². The van der Waals surface area contributed by atoms with Gasteiger partial charge in [-0.05, 0) is 12.5 Å². The minimum atomic E-state index is -0.250. The summed E-state index contributed by atoms with van der Waals surface area (Å²) in [5.74, 6) is -0.0433. The minimum absolute atomic E-state index is 0.158. The highest BCUT2D eigenvalue weighted by molar-refractivity contribution is 5.79. The monoisotopic (exact) mass is 319 g/mol. The standard InChI is InChI=1S/C18H29N3O2/c1-3-23-14-13-20-9-11-21(12-10-20)18(22)15(2)17(19)16-7-5-4-6-8-16/h4-8,15,17H,3,9-14,19H2,1-2H3. The van der Waals surface area contributed by atoms with E-state index in [1.165, 1.54) is 0 Å². The van der Waals surface area contributed by atoms with E-state index in [1.807, 2.05) is 49.1 Å². The fourth-order valence-corrected chi connectivity index (χ4v) is 2.94. The Labute approximate surface area is 139 Å². The van der Waals surface area contributed by atoms with Crippen molar-refractivity contribution in [3.05, 3.63) is 35.9 Å². The van der Waals surface area contributed by atoms with Crippen molar-refractivity contribution in [2.45, 2.75) is 19.9 Å². The Hall–Kier alpha value is -1.43. The van der Waals surface area contributed by atoms with Gasteiger partial charge >= 0.3 is 0 Å². The van der Waals surface area contributed by atoms with E-state index >= 15 is 0 Å². The lowest BCUT2D eigenvalue weighted by atomic mass is 9.94. The summed E-state index contributed by atoms with van der Waals surface area (Å²) in [6.07, 6.45) is 0. The Balaban J connectivity index is 1.82. The van der Waals surface area contributed by atoms with Crippen LogP contribution in [0.15, 0.2) is 30.3 Å². The molecule has 0 saturated carbocycles. The normalized spacial score (nSPS) is 18.7. The summed E-state index contributed by atoms with van der Waals surface area (Å²) in [7, 11) is 0. The van der Waals surface area contributed by atoms with Gasteiger partial charge in [0.1, 0.15) is 0 Å². The maximum Gasteiger partial charge on any atom is 0.227 e. The van der Waals surface area contributed by atoms with Crippen LogP contribution in [-0.4, -0.2) is 61.6 Å². The van der Waals surface area contributed by atoms with Crippen LogP contribution in [0.2, 0.25) is 0 Å². The summed E-state index contributed by atoms with van der Waals surface area (Å²) in [6, 6.07) is 9.61. The second-order valence-corrected chi connectivity index (χ2v) is 6.09. The first-order valence-corrected chi connectivity index (χ1v) is 8.53. The molecule has 1 aliphatic rings. The molecule has 1 aromatic rings. The zero-order valence-electron chi connectivity index (χ0n) is 14.3. The number of rotatable bonds is 7. The summed E-state index contributed by atoms with van der Waals surface area (Å²) < 4.78 is 5.39. The quantitative estimate of drug-likeness (QED) is 0.774. The van der Waals surface area contributed by atoms with Crippen LogP contribution in [0.25, 0.3) is 0 Å². The van der Waals surface area contributed by atoms with Gasteiger partial charge in [-0.25, -0.2) is 0 Å². The maximum atomic E-state index is 12.7. The highest BCUT2D eigenvalue weighted by atomic mass is 16.5. The van der Waals surface area contributed by atoms with E-state index in [4.69, 9.17) is 10.5 Å². The number of hydrogen-bond acceptors (Lipinski definition) is 4. The average molecular weight is 319 g/mol. The summed E-state index contributed by atoms with van der Waals surface area (Å²) in [5, 5.41) is 0. The third-order valence-corrected chi connectivity index (χ3v) is 4.55. The van der Waals surface area contributed by atoms with Gasteiger partial charge in [-0.1, -0.05) is 37.3 Å². The third kappa shape index (κ3) is 5.03. The van der Waals surface area contributed by atoms with Gasteiger partial charge in [-0.3, -0.25) is 9.69 Å². The van der Waals surface area contributed by atoms with Crippen molar-refractivity contribution in [1.29, 1.82) is 0 Å². The van der Waals surface area contributed by atoms with Gasteiger partial charge in [0, 0.05) is 45.4 Å². The molecule has 1 saturated heterocycles. The van der Waals surface area contributed by atoms with Crippen molar-refractivity contribution in [2.75, 3.05) is 45.9 Å². The average Bonchev–Trinajstić information content (AvgIpc) is 2.61. The third-order valence-electron chi connectivity index (χ3n) is 4.55. The van der Waals surface area contributed by atoms with Crippen LogP contribution in [-0.2, 0) is 9.53 Å². The van der Waals surface area contributed by atoms with Gasteiger partial charge in [-0.2, -0.15) is 0 Å². The molecule has 1 aliphatic heterocycles. The molecule has 0 aromatic heterocycles. The van der Waals surface area contributed by atoms with E-state index in [-0.39, 0.29) is 17.9 Å². The van der Waals surface area contributed by atoms with Crippen LogP contribution in [0.1, 0.15) is 25.5 Å². The minimum Gasteiger partial charge on any atom is -0.380 e. The number of piperazine rings is 1. The molecule has 1 amide bonds. The Kier molecular flexibility index (Phi) is 7.02. The number of ether oxygens (including phenoxy) is 1. The van der Waals surface area contributed by atoms with Crippen LogP contribution in [0, 0.1) is 5.92 Å². The van der Waals surface area contributed by atoms with Gasteiger partial charge in [0.05, 0.1) is 12.5 Å². The molecule has 128 valence electrons. The SMILES string of the molecule is CCOCCN1CCN(C(=O)C(C)C(N)c2ccccc2)CC1. The fourth-order valence-electron chi connectivity index (χ4n) is 2.94. The summed E-state index contributed by atoms with van der Waals surface area (Å²) >= 11 is 0. The first-order valence-electron chi connectivity index (χ1n) is 8.53.